The number of aryl methyl sites for hydroxylation is 1. The highest BCUT2D eigenvalue weighted by atomic mass is 79.9. The molecule has 0 radical (unpaired) electrons. The maximum Gasteiger partial charge on any atom is 0.252 e. The molecule has 29 heavy (non-hydrogen) atoms. The van der Waals surface area contributed by atoms with Gasteiger partial charge in [-0.15, -0.1) is 0 Å². The van der Waals surface area contributed by atoms with E-state index >= 15 is 0 Å². The summed E-state index contributed by atoms with van der Waals surface area (Å²) < 4.78 is 25.2. The van der Waals surface area contributed by atoms with Crippen molar-refractivity contribution >= 4 is 65.9 Å². The maximum absolute atomic E-state index is 12.6. The Bertz CT molecular complexity index is 1100. The molecule has 2 saturated heterocycles. The first-order valence-electron chi connectivity index (χ1n) is 9.00. The van der Waals surface area contributed by atoms with Gasteiger partial charge in [0.25, 0.3) is 5.91 Å². The van der Waals surface area contributed by atoms with E-state index in [-0.39, 0.29) is 35.1 Å². The minimum absolute atomic E-state index is 0.0300. The molecule has 0 aliphatic carbocycles. The van der Waals surface area contributed by atoms with Crippen LogP contribution in [0.3, 0.4) is 0 Å². The second kappa shape index (κ2) is 8.06. The number of halogens is 2. The van der Waals surface area contributed by atoms with E-state index in [0.29, 0.717) is 15.9 Å². The average Bonchev–Trinajstić information content (AvgIpc) is 3.08. The van der Waals surface area contributed by atoms with Crippen molar-refractivity contribution in [3.8, 4) is 0 Å². The summed E-state index contributed by atoms with van der Waals surface area (Å²) in [4.78, 5) is 18.8. The topological polar surface area (TPSA) is 66.8 Å². The molecular weight excluding hydrogens is 496 g/mol. The minimum Gasteiger partial charge on any atom is -0.314 e. The monoisotopic (exact) mass is 512 g/mol. The van der Waals surface area contributed by atoms with Crippen molar-refractivity contribution < 1.29 is 13.2 Å². The molecule has 152 valence electrons. The van der Waals surface area contributed by atoms with Gasteiger partial charge in [-0.2, -0.15) is 4.99 Å². The lowest BCUT2D eigenvalue weighted by atomic mass is 10.1. The maximum atomic E-state index is 12.6. The number of nitrogens with zero attached hydrogens (tertiary/aromatic N) is 2. The van der Waals surface area contributed by atoms with Crippen molar-refractivity contribution in [1.29, 1.82) is 0 Å². The molecule has 2 aliphatic heterocycles. The number of hydrogen-bond donors (Lipinski definition) is 0. The van der Waals surface area contributed by atoms with Crippen molar-refractivity contribution in [3.63, 3.8) is 0 Å². The summed E-state index contributed by atoms with van der Waals surface area (Å²) in [5, 5.41) is 0.825. The number of benzene rings is 2. The van der Waals surface area contributed by atoms with Gasteiger partial charge in [-0.25, -0.2) is 8.42 Å². The van der Waals surface area contributed by atoms with Crippen LogP contribution in [-0.2, 0) is 21.1 Å². The van der Waals surface area contributed by atoms with Crippen molar-refractivity contribution in [1.82, 2.24) is 0 Å². The molecular formula is C20H18BrClN2O3S2. The SMILES string of the molecule is Cc1ccc(CC(=O)N=C2S[C@H]3CS(=O)(=O)C[C@@H]3N2c2ccc(Br)cc2Cl)cc1. The number of aliphatic imine (C=N–C) groups is 1. The Labute approximate surface area is 187 Å². The van der Waals surface area contributed by atoms with Crippen LogP contribution in [0.5, 0.6) is 0 Å². The second-order valence-electron chi connectivity index (χ2n) is 7.22. The molecule has 2 aliphatic rings. The van der Waals surface area contributed by atoms with E-state index in [1.54, 1.807) is 6.07 Å². The number of carbonyl (C=O) groups is 1. The Balaban J connectivity index is 1.66. The molecule has 0 saturated carbocycles. The molecule has 4 rings (SSSR count). The first-order chi connectivity index (χ1) is 13.7. The van der Waals surface area contributed by atoms with Crippen molar-refractivity contribution in [2.75, 3.05) is 16.4 Å². The highest BCUT2D eigenvalue weighted by Gasteiger charge is 2.49. The van der Waals surface area contributed by atoms with E-state index in [0.717, 1.165) is 15.6 Å². The molecule has 0 N–H and O–H groups in total. The minimum atomic E-state index is -3.13. The van der Waals surface area contributed by atoms with Gasteiger partial charge in [0.2, 0.25) is 0 Å². The van der Waals surface area contributed by atoms with E-state index in [1.165, 1.54) is 11.8 Å². The van der Waals surface area contributed by atoms with Crippen LogP contribution in [0.25, 0.3) is 0 Å². The largest absolute Gasteiger partial charge is 0.314 e. The molecule has 1 amide bonds. The summed E-state index contributed by atoms with van der Waals surface area (Å²) in [7, 11) is -3.13. The lowest BCUT2D eigenvalue weighted by Crippen LogP contribution is -2.38. The molecule has 2 aromatic rings. The van der Waals surface area contributed by atoms with Crippen molar-refractivity contribution in [2.45, 2.75) is 24.6 Å². The smallest absolute Gasteiger partial charge is 0.252 e. The van der Waals surface area contributed by atoms with Crippen LogP contribution < -0.4 is 4.90 Å². The first kappa shape index (κ1) is 20.9. The number of anilines is 1. The van der Waals surface area contributed by atoms with Crippen LogP contribution in [0.4, 0.5) is 5.69 Å². The fraction of sp³-hybridized carbons (Fsp3) is 0.300. The molecule has 0 unspecified atom stereocenters. The Hall–Kier alpha value is -1.35. The third-order valence-electron chi connectivity index (χ3n) is 4.93. The van der Waals surface area contributed by atoms with Crippen LogP contribution in [0.2, 0.25) is 5.02 Å². The molecule has 2 atom stereocenters. The molecule has 2 aromatic carbocycles. The van der Waals surface area contributed by atoms with Gasteiger partial charge >= 0.3 is 0 Å². The van der Waals surface area contributed by atoms with Crippen LogP contribution >= 0.6 is 39.3 Å². The number of thioether (sulfide) groups is 1. The molecule has 2 fully saturated rings. The summed E-state index contributed by atoms with van der Waals surface area (Å²) in [5.41, 5.74) is 2.68. The van der Waals surface area contributed by atoms with Crippen LogP contribution in [0.1, 0.15) is 11.1 Å². The lowest BCUT2D eigenvalue weighted by molar-refractivity contribution is -0.117. The predicted octanol–water partition coefficient (Wildman–Crippen LogP) is 4.26. The zero-order valence-corrected chi connectivity index (χ0v) is 19.5. The molecule has 2 heterocycles. The number of amides is 1. The lowest BCUT2D eigenvalue weighted by Gasteiger charge is -2.25. The van der Waals surface area contributed by atoms with Gasteiger partial charge in [-0.05, 0) is 30.7 Å². The van der Waals surface area contributed by atoms with Gasteiger partial charge < -0.3 is 4.90 Å². The van der Waals surface area contributed by atoms with E-state index in [4.69, 9.17) is 11.6 Å². The Morgan fingerprint density at radius 2 is 1.97 bits per heavy atom. The molecule has 0 spiro atoms. The zero-order valence-electron chi connectivity index (χ0n) is 15.5. The molecule has 9 heteroatoms. The Morgan fingerprint density at radius 1 is 1.24 bits per heavy atom. The average molecular weight is 514 g/mol. The Kier molecular flexibility index (Phi) is 5.81. The van der Waals surface area contributed by atoms with Gasteiger partial charge in [0.15, 0.2) is 15.0 Å². The van der Waals surface area contributed by atoms with Gasteiger partial charge in [0.05, 0.1) is 34.7 Å². The number of amidine groups is 1. The summed E-state index contributed by atoms with van der Waals surface area (Å²) in [5.74, 6) is -0.155. The summed E-state index contributed by atoms with van der Waals surface area (Å²) in [6.07, 6.45) is 0.194. The van der Waals surface area contributed by atoms with Crippen LogP contribution in [0, 0.1) is 6.92 Å². The second-order valence-corrected chi connectivity index (χ2v) is 11.9. The van der Waals surface area contributed by atoms with Crippen molar-refractivity contribution in [3.05, 3.63) is 63.1 Å². The molecule has 0 aromatic heterocycles. The third kappa shape index (κ3) is 4.55. The fourth-order valence-corrected chi connectivity index (χ4v) is 8.24. The normalized spacial score (nSPS) is 24.1. The third-order valence-corrected chi connectivity index (χ3v) is 8.94. The highest BCUT2D eigenvalue weighted by Crippen LogP contribution is 2.43. The number of sulfone groups is 1. The molecule has 5 nitrogen and oxygen atoms in total. The highest BCUT2D eigenvalue weighted by molar-refractivity contribution is 9.10. The number of rotatable bonds is 3. The summed E-state index contributed by atoms with van der Waals surface area (Å²) >= 11 is 11.2. The summed E-state index contributed by atoms with van der Waals surface area (Å²) in [6.45, 7) is 1.99. The van der Waals surface area contributed by atoms with E-state index in [1.807, 2.05) is 48.2 Å². The summed E-state index contributed by atoms with van der Waals surface area (Å²) in [6, 6.07) is 12.9. The number of fused-ring (bicyclic) bond motifs is 1. The molecule has 0 bridgehead atoms. The number of hydrogen-bond acceptors (Lipinski definition) is 4. The predicted molar refractivity (Wildman–Crippen MR) is 123 cm³/mol. The Morgan fingerprint density at radius 3 is 2.66 bits per heavy atom. The van der Waals surface area contributed by atoms with Gasteiger partial charge in [-0.1, -0.05) is 69.1 Å². The van der Waals surface area contributed by atoms with E-state index in [9.17, 15) is 13.2 Å². The van der Waals surface area contributed by atoms with Gasteiger partial charge in [-0.3, -0.25) is 4.79 Å². The van der Waals surface area contributed by atoms with E-state index in [2.05, 4.69) is 20.9 Å². The van der Waals surface area contributed by atoms with Crippen LogP contribution in [-0.4, -0.2) is 42.3 Å². The van der Waals surface area contributed by atoms with E-state index < -0.39 is 9.84 Å². The first-order valence-corrected chi connectivity index (χ1v) is 12.9. The number of carbonyl (C=O) groups excluding carboxylic acids is 1. The van der Waals surface area contributed by atoms with Crippen LogP contribution in [0.15, 0.2) is 51.9 Å². The van der Waals surface area contributed by atoms with Gasteiger partial charge in [0, 0.05) is 9.72 Å². The fourth-order valence-electron chi connectivity index (χ4n) is 3.55. The zero-order chi connectivity index (χ0) is 20.8. The van der Waals surface area contributed by atoms with Gasteiger partial charge in [0.1, 0.15) is 0 Å². The standard InChI is InChI=1S/C20H18BrClN2O3S2/c1-12-2-4-13(5-3-12)8-19(25)23-20-24(16-7-6-14(21)9-15(16)22)17-10-29(26,27)11-18(17)28-20/h2-7,9,17-18H,8,10-11H2,1H3/t17-,18-/m0/s1. The van der Waals surface area contributed by atoms with Crippen molar-refractivity contribution in [2.24, 2.45) is 4.99 Å². The quantitative estimate of drug-likeness (QED) is 0.614.